The van der Waals surface area contributed by atoms with Crippen molar-refractivity contribution in [1.29, 1.82) is 0 Å². The van der Waals surface area contributed by atoms with Crippen molar-refractivity contribution in [1.82, 2.24) is 4.98 Å². The largest absolute Gasteiger partial charge is 0.461 e. The fourth-order valence-corrected chi connectivity index (χ4v) is 1.80. The van der Waals surface area contributed by atoms with E-state index in [9.17, 15) is 9.59 Å². The van der Waals surface area contributed by atoms with Crippen molar-refractivity contribution in [2.45, 2.75) is 26.3 Å². The summed E-state index contributed by atoms with van der Waals surface area (Å²) in [5.41, 5.74) is 4.53. The third-order valence-electron chi connectivity index (χ3n) is 2.02. The highest BCUT2D eigenvalue weighted by molar-refractivity contribution is 7.13. The molecule has 6 nitrogen and oxygen atoms in total. The number of esters is 1. The number of nitrogens with two attached hydrogens (primary N) is 1. The SMILES string of the molecule is CCOC(=O)c1csc(NC(C)(C)C(N)=O)n1. The molecule has 0 aliphatic rings. The van der Waals surface area contributed by atoms with Gasteiger partial charge < -0.3 is 15.8 Å². The van der Waals surface area contributed by atoms with Gasteiger partial charge in [-0.05, 0) is 20.8 Å². The van der Waals surface area contributed by atoms with Crippen molar-refractivity contribution >= 4 is 28.3 Å². The highest BCUT2D eigenvalue weighted by Crippen LogP contribution is 2.20. The molecule has 0 aliphatic heterocycles. The molecule has 0 fully saturated rings. The van der Waals surface area contributed by atoms with Gasteiger partial charge in [0.15, 0.2) is 10.8 Å². The smallest absolute Gasteiger partial charge is 0.357 e. The van der Waals surface area contributed by atoms with Gasteiger partial charge in [0.25, 0.3) is 0 Å². The zero-order valence-electron chi connectivity index (χ0n) is 9.94. The number of amides is 1. The van der Waals surface area contributed by atoms with Crippen LogP contribution in [-0.2, 0) is 9.53 Å². The maximum absolute atomic E-state index is 11.4. The minimum absolute atomic E-state index is 0.222. The summed E-state index contributed by atoms with van der Waals surface area (Å²) in [6.07, 6.45) is 0. The van der Waals surface area contributed by atoms with Crippen LogP contribution in [0.3, 0.4) is 0 Å². The van der Waals surface area contributed by atoms with E-state index in [2.05, 4.69) is 10.3 Å². The van der Waals surface area contributed by atoms with Crippen LogP contribution in [0.1, 0.15) is 31.3 Å². The number of primary amides is 1. The van der Waals surface area contributed by atoms with E-state index in [1.54, 1.807) is 26.2 Å². The van der Waals surface area contributed by atoms with Gasteiger partial charge in [0, 0.05) is 5.38 Å². The number of ether oxygens (including phenoxy) is 1. The number of carbonyl (C=O) groups excluding carboxylic acids is 2. The molecule has 3 N–H and O–H groups in total. The van der Waals surface area contributed by atoms with Crippen LogP contribution >= 0.6 is 11.3 Å². The van der Waals surface area contributed by atoms with Crippen LogP contribution < -0.4 is 11.1 Å². The predicted octanol–water partition coefficient (Wildman–Crippen LogP) is 0.996. The zero-order valence-corrected chi connectivity index (χ0v) is 10.8. The predicted molar refractivity (Wildman–Crippen MR) is 65.0 cm³/mol. The Morgan fingerprint density at radius 2 is 2.24 bits per heavy atom. The monoisotopic (exact) mass is 257 g/mol. The first-order valence-corrected chi connectivity index (χ1v) is 5.95. The third kappa shape index (κ3) is 3.42. The van der Waals surface area contributed by atoms with Crippen LogP contribution in [0.5, 0.6) is 0 Å². The van der Waals surface area contributed by atoms with E-state index in [4.69, 9.17) is 10.5 Å². The van der Waals surface area contributed by atoms with E-state index in [0.717, 1.165) is 0 Å². The van der Waals surface area contributed by atoms with Crippen molar-refractivity contribution in [2.75, 3.05) is 11.9 Å². The lowest BCUT2D eigenvalue weighted by Crippen LogP contribution is -2.45. The Labute approximate surface area is 103 Å². The highest BCUT2D eigenvalue weighted by Gasteiger charge is 2.26. The molecule has 1 amide bonds. The fraction of sp³-hybridized carbons (Fsp3) is 0.500. The number of hydrogen-bond donors (Lipinski definition) is 2. The molecule has 1 rings (SSSR count). The van der Waals surface area contributed by atoms with Gasteiger partial charge in [0.05, 0.1) is 6.61 Å². The summed E-state index contributed by atoms with van der Waals surface area (Å²) in [5.74, 6) is -0.973. The molecule has 0 saturated carbocycles. The van der Waals surface area contributed by atoms with Gasteiger partial charge in [-0.15, -0.1) is 11.3 Å². The first-order chi connectivity index (χ1) is 7.86. The Hall–Kier alpha value is -1.63. The molecule has 94 valence electrons. The van der Waals surface area contributed by atoms with E-state index in [0.29, 0.717) is 11.7 Å². The van der Waals surface area contributed by atoms with Crippen LogP contribution in [0.4, 0.5) is 5.13 Å². The molecule has 0 unspecified atom stereocenters. The summed E-state index contributed by atoms with van der Waals surface area (Å²) >= 11 is 1.22. The molecule has 1 aromatic heterocycles. The van der Waals surface area contributed by atoms with Gasteiger partial charge in [-0.1, -0.05) is 0 Å². The van der Waals surface area contributed by atoms with Crippen molar-refractivity contribution in [3.63, 3.8) is 0 Å². The average Bonchev–Trinajstić information content (AvgIpc) is 2.65. The Morgan fingerprint density at radius 3 is 2.76 bits per heavy atom. The van der Waals surface area contributed by atoms with Gasteiger partial charge in [0.2, 0.25) is 5.91 Å². The van der Waals surface area contributed by atoms with Crippen LogP contribution in [0.15, 0.2) is 5.38 Å². The highest BCUT2D eigenvalue weighted by atomic mass is 32.1. The molecule has 17 heavy (non-hydrogen) atoms. The van der Waals surface area contributed by atoms with Crippen molar-refractivity contribution in [3.8, 4) is 0 Å². The maximum atomic E-state index is 11.4. The summed E-state index contributed by atoms with van der Waals surface area (Å²) in [7, 11) is 0. The van der Waals surface area contributed by atoms with Crippen LogP contribution in [-0.4, -0.2) is 29.0 Å². The number of thiazole rings is 1. The molecule has 0 aliphatic carbocycles. The fourth-order valence-electron chi connectivity index (χ4n) is 0.959. The quantitative estimate of drug-likeness (QED) is 0.767. The van der Waals surface area contributed by atoms with Crippen LogP contribution in [0, 0.1) is 0 Å². The van der Waals surface area contributed by atoms with Crippen LogP contribution in [0.25, 0.3) is 0 Å². The van der Waals surface area contributed by atoms with E-state index < -0.39 is 17.4 Å². The van der Waals surface area contributed by atoms with Gasteiger partial charge >= 0.3 is 5.97 Å². The van der Waals surface area contributed by atoms with E-state index in [1.165, 1.54) is 11.3 Å². The molecule has 1 heterocycles. The van der Waals surface area contributed by atoms with Gasteiger partial charge in [-0.2, -0.15) is 0 Å². The second-order valence-electron chi connectivity index (χ2n) is 3.87. The number of anilines is 1. The molecule has 0 saturated heterocycles. The summed E-state index contributed by atoms with van der Waals surface area (Å²) in [5, 5.41) is 4.88. The molecular formula is C10H15N3O3S. The molecule has 7 heteroatoms. The Kier molecular flexibility index (Phi) is 4.06. The van der Waals surface area contributed by atoms with Crippen LogP contribution in [0.2, 0.25) is 0 Å². The van der Waals surface area contributed by atoms with Gasteiger partial charge in [-0.25, -0.2) is 9.78 Å². The zero-order chi connectivity index (χ0) is 13.1. The summed E-state index contributed by atoms with van der Waals surface area (Å²) in [4.78, 5) is 26.5. The minimum Gasteiger partial charge on any atom is -0.461 e. The molecule has 0 spiro atoms. The second-order valence-corrected chi connectivity index (χ2v) is 4.73. The summed E-state index contributed by atoms with van der Waals surface area (Å²) in [6, 6.07) is 0. The van der Waals surface area contributed by atoms with Gasteiger partial charge in [-0.3, -0.25) is 4.79 Å². The molecular weight excluding hydrogens is 242 g/mol. The number of hydrogen-bond acceptors (Lipinski definition) is 6. The minimum atomic E-state index is -0.913. The number of aromatic nitrogens is 1. The normalized spacial score (nSPS) is 11.0. The maximum Gasteiger partial charge on any atom is 0.357 e. The Bertz CT molecular complexity index is 428. The number of nitrogens with one attached hydrogen (secondary N) is 1. The number of nitrogens with zero attached hydrogens (tertiary/aromatic N) is 1. The topological polar surface area (TPSA) is 94.3 Å². The van der Waals surface area contributed by atoms with Crippen molar-refractivity contribution in [2.24, 2.45) is 5.73 Å². The molecule has 0 aromatic carbocycles. The first-order valence-electron chi connectivity index (χ1n) is 5.07. The van der Waals surface area contributed by atoms with E-state index in [1.807, 2.05) is 0 Å². The first kappa shape index (κ1) is 13.4. The molecule has 0 bridgehead atoms. The summed E-state index contributed by atoms with van der Waals surface area (Å²) < 4.78 is 4.80. The lowest BCUT2D eigenvalue weighted by Gasteiger charge is -2.21. The lowest BCUT2D eigenvalue weighted by molar-refractivity contribution is -0.121. The van der Waals surface area contributed by atoms with E-state index >= 15 is 0 Å². The number of carbonyl (C=O) groups is 2. The molecule has 0 radical (unpaired) electrons. The van der Waals surface area contributed by atoms with Crippen molar-refractivity contribution < 1.29 is 14.3 Å². The Morgan fingerprint density at radius 1 is 1.59 bits per heavy atom. The van der Waals surface area contributed by atoms with E-state index in [-0.39, 0.29) is 5.69 Å². The lowest BCUT2D eigenvalue weighted by atomic mass is 10.1. The second kappa shape index (κ2) is 5.13. The number of rotatable bonds is 5. The van der Waals surface area contributed by atoms with Crippen molar-refractivity contribution in [3.05, 3.63) is 11.1 Å². The Balaban J connectivity index is 2.75. The standard InChI is InChI=1S/C10H15N3O3S/c1-4-16-7(14)6-5-17-9(12-6)13-10(2,3)8(11)15/h5H,4H2,1-3H3,(H2,11,15)(H,12,13). The molecule has 0 atom stereocenters. The average molecular weight is 257 g/mol. The summed E-state index contributed by atoms with van der Waals surface area (Å²) in [6.45, 7) is 5.30. The van der Waals surface area contributed by atoms with Gasteiger partial charge in [0.1, 0.15) is 5.54 Å². The third-order valence-corrected chi connectivity index (χ3v) is 2.78. The molecule has 1 aromatic rings.